The number of alkyl halides is 1. The van der Waals surface area contributed by atoms with Crippen molar-refractivity contribution in [1.82, 2.24) is 0 Å². The first-order chi connectivity index (χ1) is 6.83. The van der Waals surface area contributed by atoms with Crippen LogP contribution in [0.25, 0.3) is 0 Å². The van der Waals surface area contributed by atoms with Gasteiger partial charge in [0.05, 0.1) is 0 Å². The number of hydrogen-bond acceptors (Lipinski definition) is 2. The molecule has 1 atom stereocenters. The minimum Gasteiger partial charge on any atom is -0.240 e. The van der Waals surface area contributed by atoms with Gasteiger partial charge in [0.15, 0.2) is 6.17 Å². The van der Waals surface area contributed by atoms with E-state index in [1.807, 2.05) is 25.1 Å². The Bertz CT molecular complexity index is 325. The van der Waals surface area contributed by atoms with Crippen LogP contribution in [0, 0.1) is 0 Å². The largest absolute Gasteiger partial charge is 0.240 e. The summed E-state index contributed by atoms with van der Waals surface area (Å²) in [6.45, 7) is 2.41. The van der Waals surface area contributed by atoms with E-state index in [0.29, 0.717) is 6.61 Å². The van der Waals surface area contributed by atoms with Crippen LogP contribution in [-0.2, 0) is 22.8 Å². The summed E-state index contributed by atoms with van der Waals surface area (Å²) >= 11 is 0. The van der Waals surface area contributed by atoms with Gasteiger partial charge in [-0.15, -0.1) is 0 Å². The van der Waals surface area contributed by atoms with Crippen LogP contribution in [-0.4, -0.2) is 6.61 Å². The minimum atomic E-state index is -1.08. The average Bonchev–Trinajstić information content (AvgIpc) is 2.22. The molecule has 14 heavy (non-hydrogen) atoms. The Hall–Kier alpha value is -0.930. The topological polar surface area (TPSA) is 18.5 Å². The second kappa shape index (κ2) is 4.07. The Balaban J connectivity index is 2.48. The predicted octanol–water partition coefficient (Wildman–Crippen LogP) is 2.72. The van der Waals surface area contributed by atoms with Gasteiger partial charge >= 0.3 is 0 Å². The zero-order valence-corrected chi connectivity index (χ0v) is 8.13. The number of hydrogen-bond donors (Lipinski definition) is 0. The summed E-state index contributed by atoms with van der Waals surface area (Å²) in [6.07, 6.45) is -0.250. The Morgan fingerprint density at radius 1 is 1.43 bits per heavy atom. The van der Waals surface area contributed by atoms with E-state index in [1.54, 1.807) is 0 Å². The van der Waals surface area contributed by atoms with Gasteiger partial charge in [0.25, 0.3) is 0 Å². The van der Waals surface area contributed by atoms with Crippen molar-refractivity contribution in [3.05, 3.63) is 34.9 Å². The van der Waals surface area contributed by atoms with Gasteiger partial charge in [-0.2, -0.15) is 0 Å². The number of benzene rings is 1. The Morgan fingerprint density at radius 2 is 2.29 bits per heavy atom. The molecule has 1 heterocycles. The molecule has 2 bridgehead atoms. The van der Waals surface area contributed by atoms with E-state index in [0.717, 1.165) is 23.1 Å². The highest BCUT2D eigenvalue weighted by atomic mass is 19.1. The van der Waals surface area contributed by atoms with Gasteiger partial charge < -0.3 is 0 Å². The highest BCUT2D eigenvalue weighted by molar-refractivity contribution is 5.36. The Kier molecular flexibility index (Phi) is 2.79. The second-order valence-electron chi connectivity index (χ2n) is 3.35. The molecular formula is C11H13FO2. The van der Waals surface area contributed by atoms with Gasteiger partial charge in [0, 0.05) is 0 Å². The predicted molar refractivity (Wildman–Crippen MR) is 50.4 cm³/mol. The van der Waals surface area contributed by atoms with Crippen molar-refractivity contribution in [1.29, 1.82) is 0 Å². The molecule has 0 saturated heterocycles. The minimum absolute atomic E-state index is 0.0174. The van der Waals surface area contributed by atoms with Crippen molar-refractivity contribution in [3.8, 4) is 0 Å². The van der Waals surface area contributed by atoms with Crippen molar-refractivity contribution in [2.75, 3.05) is 6.61 Å². The Labute approximate surface area is 82.6 Å². The van der Waals surface area contributed by atoms with Gasteiger partial charge in [0.2, 0.25) is 0 Å². The fourth-order valence-corrected chi connectivity index (χ4v) is 1.82. The molecule has 0 fully saturated rings. The fraction of sp³-hybridized carbons (Fsp3) is 0.455. The van der Waals surface area contributed by atoms with E-state index in [4.69, 9.17) is 9.78 Å². The molecule has 2 nitrogen and oxygen atoms in total. The fourth-order valence-electron chi connectivity index (χ4n) is 1.82. The zero-order chi connectivity index (χ0) is 9.97. The van der Waals surface area contributed by atoms with Gasteiger partial charge in [-0.05, 0) is 23.1 Å². The third kappa shape index (κ3) is 1.65. The van der Waals surface area contributed by atoms with Crippen LogP contribution in [0.3, 0.4) is 0 Å². The monoisotopic (exact) mass is 196 g/mol. The van der Waals surface area contributed by atoms with E-state index in [-0.39, 0.29) is 6.61 Å². The third-order valence-corrected chi connectivity index (χ3v) is 2.51. The summed E-state index contributed by atoms with van der Waals surface area (Å²) in [5.41, 5.74) is 2.82. The van der Waals surface area contributed by atoms with Crippen LogP contribution in [0.15, 0.2) is 18.2 Å². The maximum Gasteiger partial charge on any atom is 0.152 e. The molecule has 0 aliphatic carbocycles. The lowest BCUT2D eigenvalue weighted by molar-refractivity contribution is -0.312. The lowest BCUT2D eigenvalue weighted by atomic mass is 9.96. The lowest BCUT2D eigenvalue weighted by Crippen LogP contribution is -2.12. The average molecular weight is 196 g/mol. The van der Waals surface area contributed by atoms with Crippen LogP contribution >= 0.6 is 0 Å². The van der Waals surface area contributed by atoms with Crippen LogP contribution in [0.1, 0.15) is 29.8 Å². The van der Waals surface area contributed by atoms with Gasteiger partial charge in [-0.1, -0.05) is 25.1 Å². The standard InChI is InChI=1S/C11H13FO2/c1-2-9-8-4-3-5-10(9)11(12)7-14-13-6-8/h3-5,11H,2,6-7H2,1H3. The molecule has 1 aliphatic rings. The molecule has 1 aromatic rings. The number of halogens is 1. The van der Waals surface area contributed by atoms with Gasteiger partial charge in [-0.25, -0.2) is 14.2 Å². The molecule has 0 radical (unpaired) electrons. The van der Waals surface area contributed by atoms with E-state index < -0.39 is 6.17 Å². The number of fused-ring (bicyclic) bond motifs is 2. The second-order valence-corrected chi connectivity index (χ2v) is 3.35. The molecule has 1 aliphatic heterocycles. The van der Waals surface area contributed by atoms with Gasteiger partial charge in [0.1, 0.15) is 13.2 Å². The lowest BCUT2D eigenvalue weighted by Gasteiger charge is -2.19. The molecule has 1 aromatic carbocycles. The van der Waals surface area contributed by atoms with E-state index in [1.165, 1.54) is 0 Å². The van der Waals surface area contributed by atoms with Crippen LogP contribution in [0.4, 0.5) is 4.39 Å². The number of rotatable bonds is 1. The summed E-state index contributed by atoms with van der Waals surface area (Å²) in [7, 11) is 0. The molecule has 0 spiro atoms. The highest BCUT2D eigenvalue weighted by Crippen LogP contribution is 2.27. The van der Waals surface area contributed by atoms with Crippen molar-refractivity contribution in [2.24, 2.45) is 0 Å². The van der Waals surface area contributed by atoms with Crippen molar-refractivity contribution < 1.29 is 14.2 Å². The van der Waals surface area contributed by atoms with Gasteiger partial charge in [-0.3, -0.25) is 0 Å². The third-order valence-electron chi connectivity index (χ3n) is 2.51. The molecule has 0 saturated carbocycles. The maximum atomic E-state index is 13.6. The summed E-state index contributed by atoms with van der Waals surface area (Å²) in [5.74, 6) is 0. The van der Waals surface area contributed by atoms with Crippen LogP contribution in [0.5, 0.6) is 0 Å². The molecular weight excluding hydrogens is 183 g/mol. The molecule has 0 N–H and O–H groups in total. The van der Waals surface area contributed by atoms with Crippen molar-refractivity contribution in [2.45, 2.75) is 26.1 Å². The SMILES string of the molecule is CCc1c2cccc1C(F)COOC2. The normalized spacial score (nSPS) is 21.4. The maximum absolute atomic E-state index is 13.6. The van der Waals surface area contributed by atoms with Crippen LogP contribution < -0.4 is 0 Å². The van der Waals surface area contributed by atoms with Crippen molar-refractivity contribution >= 4 is 0 Å². The summed E-state index contributed by atoms with van der Waals surface area (Å²) in [4.78, 5) is 9.62. The van der Waals surface area contributed by atoms with Crippen molar-refractivity contribution in [3.63, 3.8) is 0 Å². The molecule has 0 amide bonds. The Morgan fingerprint density at radius 3 is 3.07 bits per heavy atom. The van der Waals surface area contributed by atoms with E-state index >= 15 is 0 Å². The van der Waals surface area contributed by atoms with E-state index in [2.05, 4.69) is 0 Å². The molecule has 0 aromatic heterocycles. The smallest absolute Gasteiger partial charge is 0.152 e. The molecule has 3 heteroatoms. The molecule has 76 valence electrons. The van der Waals surface area contributed by atoms with E-state index in [9.17, 15) is 4.39 Å². The first-order valence-corrected chi connectivity index (χ1v) is 4.82. The molecule has 1 unspecified atom stereocenters. The zero-order valence-electron chi connectivity index (χ0n) is 8.13. The highest BCUT2D eigenvalue weighted by Gasteiger charge is 2.19. The van der Waals surface area contributed by atoms with Crippen LogP contribution in [0.2, 0.25) is 0 Å². The summed E-state index contributed by atoms with van der Waals surface area (Å²) in [6, 6.07) is 5.64. The summed E-state index contributed by atoms with van der Waals surface area (Å²) in [5, 5.41) is 0. The first-order valence-electron chi connectivity index (χ1n) is 4.82. The quantitative estimate of drug-likeness (QED) is 0.643. The molecule has 2 rings (SSSR count). The first kappa shape index (κ1) is 9.62. The summed E-state index contributed by atoms with van der Waals surface area (Å²) < 4.78 is 13.6.